The van der Waals surface area contributed by atoms with E-state index in [9.17, 15) is 13.2 Å². The summed E-state index contributed by atoms with van der Waals surface area (Å²) in [6, 6.07) is 6.68. The summed E-state index contributed by atoms with van der Waals surface area (Å²) in [5.41, 5.74) is 0. The van der Waals surface area contributed by atoms with Gasteiger partial charge in [-0.3, -0.25) is 15.1 Å². The second-order valence-corrected chi connectivity index (χ2v) is 8.95. The zero-order chi connectivity index (χ0) is 19.4. The predicted molar refractivity (Wildman–Crippen MR) is 104 cm³/mol. The third-order valence-electron chi connectivity index (χ3n) is 3.82. The lowest BCUT2D eigenvalue weighted by Crippen LogP contribution is -2.38. The molecule has 3 rings (SSSR count). The molecule has 0 aliphatic heterocycles. The van der Waals surface area contributed by atoms with Gasteiger partial charge in [0.1, 0.15) is 5.01 Å². The topological polar surface area (TPSA) is 105 Å². The molecular formula is C17H19N5O3S2. The molecule has 8 nitrogen and oxygen atoms in total. The van der Waals surface area contributed by atoms with Gasteiger partial charge in [-0.2, -0.15) is 4.31 Å². The largest absolute Gasteiger partial charge is 0.299 e. The smallest absolute Gasteiger partial charge is 0.244 e. The maximum Gasteiger partial charge on any atom is 0.244 e. The summed E-state index contributed by atoms with van der Waals surface area (Å²) in [4.78, 5) is 16.6. The van der Waals surface area contributed by atoms with Crippen LogP contribution in [0, 0.1) is 6.92 Å². The number of fused-ring (bicyclic) bond motifs is 1. The van der Waals surface area contributed by atoms with Crippen LogP contribution in [0.2, 0.25) is 0 Å². The molecule has 142 valence electrons. The molecule has 1 amide bonds. The molecular weight excluding hydrogens is 386 g/mol. The highest BCUT2D eigenvalue weighted by Gasteiger charge is 2.27. The van der Waals surface area contributed by atoms with Crippen molar-refractivity contribution in [3.05, 3.63) is 41.7 Å². The fourth-order valence-corrected chi connectivity index (χ4v) is 4.97. The Balaban J connectivity index is 1.89. The van der Waals surface area contributed by atoms with Gasteiger partial charge in [-0.1, -0.05) is 30.4 Å². The Morgan fingerprint density at radius 3 is 2.78 bits per heavy atom. The van der Waals surface area contributed by atoms with Crippen molar-refractivity contribution < 1.29 is 13.2 Å². The molecule has 1 aromatic carbocycles. The minimum atomic E-state index is -3.86. The van der Waals surface area contributed by atoms with Gasteiger partial charge in [-0.05, 0) is 25.5 Å². The Bertz CT molecular complexity index is 1060. The van der Waals surface area contributed by atoms with Crippen LogP contribution in [0.5, 0.6) is 0 Å². The summed E-state index contributed by atoms with van der Waals surface area (Å²) in [7, 11) is -3.86. The molecule has 0 atom stereocenters. The first-order valence-electron chi connectivity index (χ1n) is 8.34. The number of pyridine rings is 1. The molecule has 2 heterocycles. The molecule has 3 aromatic rings. The lowest BCUT2D eigenvalue weighted by atomic mass is 10.2. The monoisotopic (exact) mass is 405 g/mol. The third kappa shape index (κ3) is 4.29. The van der Waals surface area contributed by atoms with Crippen molar-refractivity contribution in [2.24, 2.45) is 0 Å². The summed E-state index contributed by atoms with van der Waals surface area (Å²) in [5, 5.41) is 12.6. The standard InChI is InChI=1S/C17H19N5O3S2/c1-3-9-22(11-16(23)19-17-21-20-12(2)26-17)27(24,25)15-6-4-5-13-10-18-8-7-14(13)15/h4-8,10H,3,9,11H2,1-2H3,(H,19,21,23). The van der Waals surface area contributed by atoms with Crippen molar-refractivity contribution in [1.82, 2.24) is 19.5 Å². The van der Waals surface area contributed by atoms with E-state index in [1.807, 2.05) is 6.92 Å². The minimum Gasteiger partial charge on any atom is -0.299 e. The first kappa shape index (κ1) is 19.3. The zero-order valence-corrected chi connectivity index (χ0v) is 16.5. The van der Waals surface area contributed by atoms with E-state index in [2.05, 4.69) is 20.5 Å². The number of hydrogen-bond donors (Lipinski definition) is 1. The first-order valence-corrected chi connectivity index (χ1v) is 10.6. The number of carbonyl (C=O) groups is 1. The minimum absolute atomic E-state index is 0.162. The van der Waals surface area contributed by atoms with Gasteiger partial charge in [-0.15, -0.1) is 10.2 Å². The molecule has 0 spiro atoms. The van der Waals surface area contributed by atoms with Crippen molar-refractivity contribution in [1.29, 1.82) is 0 Å². The summed E-state index contributed by atoms with van der Waals surface area (Å²) < 4.78 is 27.6. The fourth-order valence-electron chi connectivity index (χ4n) is 2.66. The molecule has 0 aliphatic rings. The van der Waals surface area contributed by atoms with Crippen LogP contribution in [-0.2, 0) is 14.8 Å². The number of anilines is 1. The number of hydrogen-bond acceptors (Lipinski definition) is 7. The Hall–Kier alpha value is -2.43. The van der Waals surface area contributed by atoms with Crippen molar-refractivity contribution in [2.45, 2.75) is 25.2 Å². The Morgan fingerprint density at radius 2 is 2.07 bits per heavy atom. The number of nitrogens with zero attached hydrogens (tertiary/aromatic N) is 4. The molecule has 0 fully saturated rings. The van der Waals surface area contributed by atoms with Gasteiger partial charge in [0.2, 0.25) is 21.1 Å². The normalized spacial score (nSPS) is 11.8. The molecule has 10 heteroatoms. The van der Waals surface area contributed by atoms with Crippen LogP contribution in [0.4, 0.5) is 5.13 Å². The number of carbonyl (C=O) groups excluding carboxylic acids is 1. The number of rotatable bonds is 7. The van der Waals surface area contributed by atoms with E-state index in [-0.39, 0.29) is 18.0 Å². The Kier molecular flexibility index (Phi) is 5.78. The fraction of sp³-hybridized carbons (Fsp3) is 0.294. The molecule has 0 radical (unpaired) electrons. The number of amides is 1. The van der Waals surface area contributed by atoms with Crippen LogP contribution in [0.1, 0.15) is 18.4 Å². The van der Waals surface area contributed by atoms with Gasteiger partial charge in [-0.25, -0.2) is 8.42 Å². The van der Waals surface area contributed by atoms with Crippen LogP contribution in [0.25, 0.3) is 10.8 Å². The van der Waals surface area contributed by atoms with E-state index in [0.29, 0.717) is 21.9 Å². The number of aryl methyl sites for hydroxylation is 1. The lowest BCUT2D eigenvalue weighted by molar-refractivity contribution is -0.116. The SMILES string of the molecule is CCCN(CC(=O)Nc1nnc(C)s1)S(=O)(=O)c1cccc2cnccc12. The highest BCUT2D eigenvalue weighted by Crippen LogP contribution is 2.25. The summed E-state index contributed by atoms with van der Waals surface area (Å²) in [6.07, 6.45) is 3.75. The first-order chi connectivity index (χ1) is 12.9. The lowest BCUT2D eigenvalue weighted by Gasteiger charge is -2.21. The second kappa shape index (κ2) is 8.07. The number of benzene rings is 1. The van der Waals surface area contributed by atoms with Gasteiger partial charge in [0.25, 0.3) is 0 Å². The highest BCUT2D eigenvalue weighted by atomic mass is 32.2. The second-order valence-electron chi connectivity index (χ2n) is 5.87. The predicted octanol–water partition coefficient (Wildman–Crippen LogP) is 2.43. The summed E-state index contributed by atoms with van der Waals surface area (Å²) in [6.45, 7) is 3.57. The van der Waals surface area contributed by atoms with Crippen molar-refractivity contribution in [3.63, 3.8) is 0 Å². The van der Waals surface area contributed by atoms with E-state index < -0.39 is 15.9 Å². The van der Waals surface area contributed by atoms with Gasteiger partial charge in [0, 0.05) is 29.7 Å². The van der Waals surface area contributed by atoms with Crippen LogP contribution < -0.4 is 5.32 Å². The Labute approximate surface area is 161 Å². The van der Waals surface area contributed by atoms with Crippen LogP contribution in [0.3, 0.4) is 0 Å². The number of aromatic nitrogens is 3. The summed E-state index contributed by atoms with van der Waals surface area (Å²) >= 11 is 1.23. The van der Waals surface area contributed by atoms with Gasteiger partial charge < -0.3 is 0 Å². The van der Waals surface area contributed by atoms with Crippen LogP contribution >= 0.6 is 11.3 Å². The molecule has 0 bridgehead atoms. The summed E-state index contributed by atoms with van der Waals surface area (Å²) in [5.74, 6) is -0.454. The van der Waals surface area contributed by atoms with Crippen molar-refractivity contribution in [2.75, 3.05) is 18.4 Å². The molecule has 0 saturated carbocycles. The van der Waals surface area contributed by atoms with E-state index in [1.54, 1.807) is 43.6 Å². The van der Waals surface area contributed by atoms with E-state index in [1.165, 1.54) is 15.6 Å². The van der Waals surface area contributed by atoms with Crippen LogP contribution in [-0.4, -0.2) is 46.9 Å². The molecule has 0 aliphatic carbocycles. The maximum absolute atomic E-state index is 13.2. The highest BCUT2D eigenvalue weighted by molar-refractivity contribution is 7.89. The van der Waals surface area contributed by atoms with E-state index in [4.69, 9.17) is 0 Å². The average Bonchev–Trinajstić information content (AvgIpc) is 3.05. The molecule has 0 unspecified atom stereocenters. The maximum atomic E-state index is 13.2. The van der Waals surface area contributed by atoms with Gasteiger partial charge >= 0.3 is 0 Å². The molecule has 1 N–H and O–H groups in total. The van der Waals surface area contributed by atoms with Gasteiger partial charge in [0.15, 0.2) is 0 Å². The van der Waals surface area contributed by atoms with Crippen molar-refractivity contribution >= 4 is 43.2 Å². The molecule has 27 heavy (non-hydrogen) atoms. The zero-order valence-electron chi connectivity index (χ0n) is 14.9. The molecule has 2 aromatic heterocycles. The van der Waals surface area contributed by atoms with E-state index in [0.717, 1.165) is 5.39 Å². The van der Waals surface area contributed by atoms with Gasteiger partial charge in [0.05, 0.1) is 11.4 Å². The van der Waals surface area contributed by atoms with Crippen molar-refractivity contribution in [3.8, 4) is 0 Å². The average molecular weight is 406 g/mol. The molecule has 0 saturated heterocycles. The Morgan fingerprint density at radius 1 is 1.26 bits per heavy atom. The third-order valence-corrected chi connectivity index (χ3v) is 6.48. The number of nitrogens with one attached hydrogen (secondary N) is 1. The van der Waals surface area contributed by atoms with E-state index >= 15 is 0 Å². The quantitative estimate of drug-likeness (QED) is 0.647. The number of sulfonamides is 1. The van der Waals surface area contributed by atoms with Crippen LogP contribution in [0.15, 0.2) is 41.6 Å².